The number of thiocarbonyl (C=S) groups is 2. The topological polar surface area (TPSA) is 82.3 Å². The summed E-state index contributed by atoms with van der Waals surface area (Å²) in [6.45, 7) is 0. The molecule has 2 heterocycles. The molecule has 2 saturated heterocycles. The molecule has 2 amide bonds. The molecule has 4 N–H and O–H groups in total. The second kappa shape index (κ2) is 7.75. The predicted molar refractivity (Wildman–Crippen MR) is 124 cm³/mol. The second-order valence-electron chi connectivity index (χ2n) is 6.70. The fraction of sp³-hybridized carbons (Fsp3) is 0.158. The molecule has 2 atom stereocenters. The molecule has 148 valence electrons. The van der Waals surface area contributed by atoms with E-state index in [9.17, 15) is 9.59 Å². The highest BCUT2D eigenvalue weighted by molar-refractivity contribution is 9.10. The Hall–Kier alpha value is -1.88. The number of hydrogen-bond donors (Lipinski definition) is 4. The van der Waals surface area contributed by atoms with Crippen molar-refractivity contribution in [3.8, 4) is 0 Å². The lowest BCUT2D eigenvalue weighted by atomic mass is 9.66. The van der Waals surface area contributed by atoms with E-state index >= 15 is 0 Å². The maximum absolute atomic E-state index is 13.4. The molecule has 1 spiro atoms. The molecule has 2 aliphatic rings. The predicted octanol–water partition coefficient (Wildman–Crippen LogP) is 2.99. The Morgan fingerprint density at radius 1 is 0.759 bits per heavy atom. The number of carbonyl (C=O) groups excluding carboxylic acids is 2. The normalized spacial score (nSPS) is 23.1. The van der Waals surface area contributed by atoms with Crippen LogP contribution >= 0.6 is 56.3 Å². The number of nitrogens with one attached hydrogen (secondary N) is 4. The average Bonchev–Trinajstić information content (AvgIpc) is 2.66. The molecule has 2 aromatic carbocycles. The van der Waals surface area contributed by atoms with Crippen LogP contribution in [0.5, 0.6) is 0 Å². The van der Waals surface area contributed by atoms with Gasteiger partial charge in [-0.2, -0.15) is 0 Å². The molecule has 10 heteroatoms. The Morgan fingerprint density at radius 3 is 1.62 bits per heavy atom. The molecular formula is C19H14Br2N4O2S2. The van der Waals surface area contributed by atoms with E-state index in [-0.39, 0.29) is 5.11 Å². The van der Waals surface area contributed by atoms with Crippen LogP contribution in [-0.2, 0) is 9.59 Å². The highest BCUT2D eigenvalue weighted by Crippen LogP contribution is 2.48. The summed E-state index contributed by atoms with van der Waals surface area (Å²) in [5.74, 6) is -0.993. The zero-order valence-corrected chi connectivity index (χ0v) is 19.5. The van der Waals surface area contributed by atoms with E-state index in [0.29, 0.717) is 5.11 Å². The van der Waals surface area contributed by atoms with Gasteiger partial charge in [0.1, 0.15) is 0 Å². The van der Waals surface area contributed by atoms with Crippen LogP contribution in [0.2, 0.25) is 0 Å². The van der Waals surface area contributed by atoms with Crippen molar-refractivity contribution >= 4 is 78.3 Å². The Bertz CT molecular complexity index is 983. The van der Waals surface area contributed by atoms with Gasteiger partial charge in [0.15, 0.2) is 15.6 Å². The molecule has 0 aliphatic carbocycles. The molecule has 0 bridgehead atoms. The van der Waals surface area contributed by atoms with Crippen LogP contribution in [0.1, 0.15) is 23.2 Å². The van der Waals surface area contributed by atoms with Crippen LogP contribution in [0.25, 0.3) is 0 Å². The summed E-state index contributed by atoms with van der Waals surface area (Å²) in [6.07, 6.45) is 0. The molecular weight excluding hydrogens is 540 g/mol. The molecule has 0 saturated carbocycles. The van der Waals surface area contributed by atoms with Crippen LogP contribution in [0.4, 0.5) is 0 Å². The maximum Gasteiger partial charge on any atom is 0.246 e. The Kier molecular flexibility index (Phi) is 5.45. The van der Waals surface area contributed by atoms with E-state index in [1.54, 1.807) is 0 Å². The Morgan fingerprint density at radius 2 is 1.21 bits per heavy atom. The zero-order valence-electron chi connectivity index (χ0n) is 14.7. The van der Waals surface area contributed by atoms with Crippen molar-refractivity contribution in [2.45, 2.75) is 12.1 Å². The summed E-state index contributed by atoms with van der Waals surface area (Å²) in [7, 11) is 0. The fourth-order valence-electron chi connectivity index (χ4n) is 3.83. The molecule has 2 fully saturated rings. The summed E-state index contributed by atoms with van der Waals surface area (Å²) in [5.41, 5.74) is -0.102. The second-order valence-corrected chi connectivity index (χ2v) is 9.35. The van der Waals surface area contributed by atoms with Crippen molar-refractivity contribution in [3.05, 3.63) is 68.6 Å². The van der Waals surface area contributed by atoms with E-state index in [0.717, 1.165) is 20.1 Å². The van der Waals surface area contributed by atoms with Crippen LogP contribution in [0, 0.1) is 5.41 Å². The van der Waals surface area contributed by atoms with Gasteiger partial charge in [0.2, 0.25) is 11.8 Å². The quantitative estimate of drug-likeness (QED) is 0.338. The van der Waals surface area contributed by atoms with Crippen molar-refractivity contribution in [1.82, 2.24) is 21.3 Å². The van der Waals surface area contributed by atoms with Crippen LogP contribution in [0.3, 0.4) is 0 Å². The summed E-state index contributed by atoms with van der Waals surface area (Å²) < 4.78 is 1.64. The van der Waals surface area contributed by atoms with Gasteiger partial charge in [0.25, 0.3) is 0 Å². The first-order chi connectivity index (χ1) is 13.8. The molecule has 0 radical (unpaired) electrons. The first kappa shape index (κ1) is 20.4. The lowest BCUT2D eigenvalue weighted by Gasteiger charge is -2.50. The van der Waals surface area contributed by atoms with E-state index in [1.165, 1.54) is 0 Å². The van der Waals surface area contributed by atoms with Crippen molar-refractivity contribution in [1.29, 1.82) is 0 Å². The monoisotopic (exact) mass is 552 g/mol. The van der Waals surface area contributed by atoms with E-state index in [1.807, 2.05) is 48.5 Å². The smallest absolute Gasteiger partial charge is 0.246 e. The van der Waals surface area contributed by atoms with Gasteiger partial charge >= 0.3 is 0 Å². The van der Waals surface area contributed by atoms with Crippen molar-refractivity contribution in [2.75, 3.05) is 0 Å². The minimum Gasteiger partial charge on any atom is -0.354 e. The first-order valence-electron chi connectivity index (χ1n) is 8.57. The standard InChI is InChI=1S/C19H14Br2N4O2S2/c20-11-5-1-3-9(7-11)13-19(15(26)24-18(29)25-16(19)27)14(23-17(28)22-13)10-4-2-6-12(21)8-10/h1-8,13-14H,(H2,22,23,28)(H2,24,25,26,27,29)/t13-,14+. The molecule has 2 aliphatic heterocycles. The summed E-state index contributed by atoms with van der Waals surface area (Å²) >= 11 is 17.4. The van der Waals surface area contributed by atoms with E-state index in [2.05, 4.69) is 53.1 Å². The maximum atomic E-state index is 13.4. The SMILES string of the molecule is O=C1NC(=S)NC(=O)C12[C@@H](c1cccc(Br)c1)NC(=S)N[C@H]2c1cccc(Br)c1. The van der Waals surface area contributed by atoms with Gasteiger partial charge in [0, 0.05) is 8.95 Å². The third-order valence-corrected chi connectivity index (χ3v) is 6.46. The molecule has 4 rings (SSSR count). The number of rotatable bonds is 2. The van der Waals surface area contributed by atoms with Gasteiger partial charge in [-0.25, -0.2) is 0 Å². The summed E-state index contributed by atoms with van der Waals surface area (Å²) in [5, 5.41) is 11.9. The molecule has 2 aromatic rings. The van der Waals surface area contributed by atoms with Gasteiger partial charge < -0.3 is 21.3 Å². The van der Waals surface area contributed by atoms with Crippen molar-refractivity contribution < 1.29 is 9.59 Å². The number of benzene rings is 2. The van der Waals surface area contributed by atoms with E-state index < -0.39 is 29.3 Å². The minimum absolute atomic E-state index is 0.0141. The molecule has 6 nitrogen and oxygen atoms in total. The van der Waals surface area contributed by atoms with Crippen LogP contribution in [-0.4, -0.2) is 22.0 Å². The number of carbonyl (C=O) groups is 2. The highest BCUT2D eigenvalue weighted by Gasteiger charge is 2.63. The van der Waals surface area contributed by atoms with Crippen molar-refractivity contribution in [3.63, 3.8) is 0 Å². The summed E-state index contributed by atoms with van der Waals surface area (Å²) in [4.78, 5) is 26.9. The number of halogens is 2. The van der Waals surface area contributed by atoms with Gasteiger partial charge in [-0.05, 0) is 59.8 Å². The van der Waals surface area contributed by atoms with Gasteiger partial charge in [0.05, 0.1) is 12.1 Å². The zero-order chi connectivity index (χ0) is 20.8. The van der Waals surface area contributed by atoms with Gasteiger partial charge in [-0.1, -0.05) is 56.1 Å². The van der Waals surface area contributed by atoms with Crippen LogP contribution < -0.4 is 21.3 Å². The van der Waals surface area contributed by atoms with Crippen molar-refractivity contribution in [2.24, 2.45) is 5.41 Å². The van der Waals surface area contributed by atoms with Crippen LogP contribution in [0.15, 0.2) is 57.5 Å². The van der Waals surface area contributed by atoms with E-state index in [4.69, 9.17) is 24.4 Å². The summed E-state index contributed by atoms with van der Waals surface area (Å²) in [6, 6.07) is 13.4. The lowest BCUT2D eigenvalue weighted by molar-refractivity contribution is -0.149. The number of hydrogen-bond acceptors (Lipinski definition) is 4. The fourth-order valence-corrected chi connectivity index (χ4v) is 5.09. The largest absolute Gasteiger partial charge is 0.354 e. The number of amides is 2. The molecule has 0 aromatic heterocycles. The Labute approximate surface area is 194 Å². The first-order valence-corrected chi connectivity index (χ1v) is 11.0. The minimum atomic E-state index is -1.58. The third-order valence-electron chi connectivity index (χ3n) is 5.03. The van der Waals surface area contributed by atoms with Gasteiger partial charge in [-0.3, -0.25) is 9.59 Å². The average molecular weight is 554 g/mol. The highest BCUT2D eigenvalue weighted by atomic mass is 79.9. The lowest BCUT2D eigenvalue weighted by Crippen LogP contribution is -2.73. The van der Waals surface area contributed by atoms with Gasteiger partial charge in [-0.15, -0.1) is 0 Å². The third kappa shape index (κ3) is 3.48. The molecule has 29 heavy (non-hydrogen) atoms. The Balaban J connectivity index is 1.96. The molecule has 0 unspecified atom stereocenters.